The highest BCUT2D eigenvalue weighted by molar-refractivity contribution is 7.41. The van der Waals surface area contributed by atoms with E-state index in [1.807, 2.05) is 12.2 Å². The van der Waals surface area contributed by atoms with E-state index in [2.05, 4.69) is 0 Å². The minimum atomic E-state index is -1.29. The molecule has 0 aliphatic carbocycles. The standard InChI is InChI=1S/C11H15O5P/c1-2-13-11(12)6-5-10-8-9-4-3-7-14-17(15-9)16-10/h3-6,9-10H,2,7-8H2,1H3/b6-5+/t9-,10?,17?/m0/s1. The van der Waals surface area contributed by atoms with Crippen molar-refractivity contribution >= 4 is 14.6 Å². The second kappa shape index (κ2) is 6.26. The van der Waals surface area contributed by atoms with E-state index in [9.17, 15) is 4.79 Å². The van der Waals surface area contributed by atoms with Crippen LogP contribution in [0.2, 0.25) is 0 Å². The molecule has 1 fully saturated rings. The summed E-state index contributed by atoms with van der Waals surface area (Å²) >= 11 is 0. The van der Waals surface area contributed by atoms with Crippen LogP contribution in [0.3, 0.4) is 0 Å². The SMILES string of the molecule is CCOC(=O)/C=C/C1C[C@@H]2C=CCOP(O1)O2. The molecule has 0 aromatic heterocycles. The Hall–Kier alpha value is -0.740. The van der Waals surface area contributed by atoms with Crippen LogP contribution < -0.4 is 0 Å². The van der Waals surface area contributed by atoms with Crippen LogP contribution in [0, 0.1) is 0 Å². The monoisotopic (exact) mass is 258 g/mol. The zero-order chi connectivity index (χ0) is 12.1. The van der Waals surface area contributed by atoms with Crippen molar-refractivity contribution in [2.24, 2.45) is 0 Å². The van der Waals surface area contributed by atoms with Gasteiger partial charge in [0, 0.05) is 12.5 Å². The van der Waals surface area contributed by atoms with Gasteiger partial charge in [0.2, 0.25) is 0 Å². The van der Waals surface area contributed by atoms with Crippen molar-refractivity contribution in [1.82, 2.24) is 0 Å². The Morgan fingerprint density at radius 3 is 3.29 bits per heavy atom. The molecule has 2 unspecified atom stereocenters. The molecule has 2 rings (SSSR count). The lowest BCUT2D eigenvalue weighted by molar-refractivity contribution is -0.137. The van der Waals surface area contributed by atoms with Gasteiger partial charge in [-0.1, -0.05) is 12.2 Å². The Kier molecular flexibility index (Phi) is 4.68. The third-order valence-corrected chi connectivity index (χ3v) is 3.51. The molecule has 2 heterocycles. The molecule has 6 heteroatoms. The number of fused-ring (bicyclic) bond motifs is 2. The predicted octanol–water partition coefficient (Wildman–Crippen LogP) is 2.09. The second-order valence-electron chi connectivity index (χ2n) is 3.58. The summed E-state index contributed by atoms with van der Waals surface area (Å²) < 4.78 is 21.2. The zero-order valence-electron chi connectivity index (χ0n) is 9.57. The molecule has 2 aliphatic heterocycles. The summed E-state index contributed by atoms with van der Waals surface area (Å²) in [6, 6.07) is 0. The molecular formula is C11H15O5P. The van der Waals surface area contributed by atoms with E-state index < -0.39 is 8.60 Å². The fourth-order valence-electron chi connectivity index (χ4n) is 1.54. The van der Waals surface area contributed by atoms with Gasteiger partial charge in [-0.25, -0.2) is 4.79 Å². The van der Waals surface area contributed by atoms with Crippen molar-refractivity contribution in [1.29, 1.82) is 0 Å². The topological polar surface area (TPSA) is 54.0 Å². The molecular weight excluding hydrogens is 243 g/mol. The van der Waals surface area contributed by atoms with Crippen molar-refractivity contribution in [3.05, 3.63) is 24.3 Å². The molecule has 1 saturated heterocycles. The fourth-order valence-corrected chi connectivity index (χ4v) is 2.67. The van der Waals surface area contributed by atoms with Gasteiger partial charge in [0.15, 0.2) is 0 Å². The first-order chi connectivity index (χ1) is 8.28. The minimum absolute atomic E-state index is 0.00852. The van der Waals surface area contributed by atoms with Gasteiger partial charge < -0.3 is 18.3 Å². The van der Waals surface area contributed by atoms with Crippen molar-refractivity contribution in [3.8, 4) is 0 Å². The minimum Gasteiger partial charge on any atom is -0.463 e. The zero-order valence-corrected chi connectivity index (χ0v) is 10.5. The van der Waals surface area contributed by atoms with Gasteiger partial charge in [-0.2, -0.15) is 0 Å². The molecule has 2 aliphatic rings. The van der Waals surface area contributed by atoms with Crippen LogP contribution in [0.1, 0.15) is 13.3 Å². The maximum Gasteiger partial charge on any atom is 0.334 e. The van der Waals surface area contributed by atoms with Gasteiger partial charge >= 0.3 is 14.6 Å². The number of ether oxygens (including phenoxy) is 1. The van der Waals surface area contributed by atoms with E-state index in [1.165, 1.54) is 6.08 Å². The third-order valence-electron chi connectivity index (χ3n) is 2.27. The Balaban J connectivity index is 1.90. The number of hydrogen-bond donors (Lipinski definition) is 0. The van der Waals surface area contributed by atoms with Gasteiger partial charge in [0.1, 0.15) is 0 Å². The van der Waals surface area contributed by atoms with E-state index in [1.54, 1.807) is 13.0 Å². The van der Waals surface area contributed by atoms with Crippen molar-refractivity contribution < 1.29 is 23.1 Å². The van der Waals surface area contributed by atoms with E-state index >= 15 is 0 Å². The van der Waals surface area contributed by atoms with Crippen LogP contribution in [-0.2, 0) is 23.1 Å². The molecule has 0 aromatic carbocycles. The molecule has 0 amide bonds. The predicted molar refractivity (Wildman–Crippen MR) is 62.1 cm³/mol. The quantitative estimate of drug-likeness (QED) is 0.336. The number of hydrogen-bond acceptors (Lipinski definition) is 5. The highest BCUT2D eigenvalue weighted by Gasteiger charge is 2.31. The number of carbonyl (C=O) groups is 1. The first kappa shape index (κ1) is 12.7. The van der Waals surface area contributed by atoms with Crippen LogP contribution in [0.5, 0.6) is 0 Å². The van der Waals surface area contributed by atoms with Crippen LogP contribution in [0.4, 0.5) is 0 Å². The number of rotatable bonds is 3. The molecule has 0 radical (unpaired) electrons. The Morgan fingerprint density at radius 1 is 1.59 bits per heavy atom. The van der Waals surface area contributed by atoms with Crippen molar-refractivity contribution in [2.75, 3.05) is 13.2 Å². The van der Waals surface area contributed by atoms with Crippen LogP contribution in [-0.4, -0.2) is 31.4 Å². The lowest BCUT2D eigenvalue weighted by atomic mass is 10.1. The van der Waals surface area contributed by atoms with Gasteiger partial charge in [0.25, 0.3) is 0 Å². The van der Waals surface area contributed by atoms with Crippen molar-refractivity contribution in [2.45, 2.75) is 25.6 Å². The molecule has 17 heavy (non-hydrogen) atoms. The van der Waals surface area contributed by atoms with Crippen LogP contribution in [0.15, 0.2) is 24.3 Å². The van der Waals surface area contributed by atoms with E-state index in [0.29, 0.717) is 19.6 Å². The largest absolute Gasteiger partial charge is 0.463 e. The first-order valence-electron chi connectivity index (χ1n) is 5.56. The van der Waals surface area contributed by atoms with E-state index in [4.69, 9.17) is 18.3 Å². The van der Waals surface area contributed by atoms with E-state index in [0.717, 1.165) is 0 Å². The third kappa shape index (κ3) is 3.89. The van der Waals surface area contributed by atoms with Crippen molar-refractivity contribution in [3.63, 3.8) is 0 Å². The Morgan fingerprint density at radius 2 is 2.47 bits per heavy atom. The maximum atomic E-state index is 11.2. The number of carbonyl (C=O) groups excluding carboxylic acids is 1. The molecule has 0 aromatic rings. The molecule has 3 atom stereocenters. The Bertz CT molecular complexity index is 328. The number of esters is 1. The lowest BCUT2D eigenvalue weighted by Gasteiger charge is -2.29. The summed E-state index contributed by atoms with van der Waals surface area (Å²) in [7, 11) is -1.29. The highest BCUT2D eigenvalue weighted by Crippen LogP contribution is 2.48. The molecule has 2 bridgehead atoms. The van der Waals surface area contributed by atoms with Crippen LogP contribution in [0.25, 0.3) is 0 Å². The summed E-state index contributed by atoms with van der Waals surface area (Å²) in [6.07, 6.45) is 7.52. The summed E-state index contributed by atoms with van der Waals surface area (Å²) in [5, 5.41) is 0. The summed E-state index contributed by atoms with van der Waals surface area (Å²) in [5.41, 5.74) is 0. The summed E-state index contributed by atoms with van der Waals surface area (Å²) in [4.78, 5) is 11.2. The van der Waals surface area contributed by atoms with Gasteiger partial charge in [-0.15, -0.1) is 0 Å². The van der Waals surface area contributed by atoms with Gasteiger partial charge in [-0.3, -0.25) is 0 Å². The van der Waals surface area contributed by atoms with E-state index in [-0.39, 0.29) is 18.2 Å². The lowest BCUT2D eigenvalue weighted by Crippen LogP contribution is -2.23. The molecule has 0 N–H and O–H groups in total. The molecule has 5 nitrogen and oxygen atoms in total. The molecule has 0 spiro atoms. The molecule has 94 valence electrons. The molecule has 0 saturated carbocycles. The summed E-state index contributed by atoms with van der Waals surface area (Å²) in [6.45, 7) is 2.66. The fraction of sp³-hybridized carbons (Fsp3) is 0.545. The van der Waals surface area contributed by atoms with Gasteiger partial charge in [0.05, 0.1) is 25.4 Å². The second-order valence-corrected chi connectivity index (χ2v) is 4.71. The average Bonchev–Trinajstić information content (AvgIpc) is 2.48. The maximum absolute atomic E-state index is 11.2. The average molecular weight is 258 g/mol. The Labute approximate surface area is 101 Å². The van der Waals surface area contributed by atoms with Crippen LogP contribution >= 0.6 is 8.60 Å². The van der Waals surface area contributed by atoms with Gasteiger partial charge in [-0.05, 0) is 13.0 Å². The first-order valence-corrected chi connectivity index (χ1v) is 6.65. The normalized spacial score (nSPS) is 32.4. The smallest absolute Gasteiger partial charge is 0.334 e. The summed E-state index contributed by atoms with van der Waals surface area (Å²) in [5.74, 6) is -0.352. The highest BCUT2D eigenvalue weighted by atomic mass is 31.2.